The van der Waals surface area contributed by atoms with E-state index < -0.39 is 27.9 Å². The van der Waals surface area contributed by atoms with Crippen LogP contribution < -0.4 is 5.32 Å². The van der Waals surface area contributed by atoms with E-state index in [0.717, 1.165) is 108 Å². The largest absolute Gasteiger partial charge is 0.478 e. The first-order valence-corrected chi connectivity index (χ1v) is 31.2. The molecule has 0 unspecified atom stereocenters. The molecule has 70 heavy (non-hydrogen) atoms. The van der Waals surface area contributed by atoms with Gasteiger partial charge in [0.05, 0.1) is 68.0 Å². The van der Waals surface area contributed by atoms with Crippen molar-refractivity contribution in [3.8, 4) is 22.5 Å². The summed E-state index contributed by atoms with van der Waals surface area (Å²) in [4.78, 5) is 41.2. The summed E-state index contributed by atoms with van der Waals surface area (Å²) in [7, 11) is -1.86. The van der Waals surface area contributed by atoms with E-state index in [-0.39, 0.29) is 29.7 Å². The van der Waals surface area contributed by atoms with Gasteiger partial charge in [-0.1, -0.05) is 74.7 Å². The zero-order valence-electron chi connectivity index (χ0n) is 40.9. The van der Waals surface area contributed by atoms with Crippen molar-refractivity contribution in [3.05, 3.63) is 131 Å². The van der Waals surface area contributed by atoms with E-state index in [1.165, 1.54) is 72.7 Å². The molecule has 4 aliphatic heterocycles. The number of nitrogens with one attached hydrogen (secondary N) is 1. The van der Waals surface area contributed by atoms with Crippen LogP contribution >= 0.6 is 12.4 Å². The Hall–Kier alpha value is -4.98. The summed E-state index contributed by atoms with van der Waals surface area (Å²) in [6, 6.07) is 33.4. The van der Waals surface area contributed by atoms with Gasteiger partial charge in [-0.3, -0.25) is 14.6 Å². The second kappa shape index (κ2) is 24.0. The third-order valence-electron chi connectivity index (χ3n) is 13.9. The van der Waals surface area contributed by atoms with Crippen LogP contribution in [-0.2, 0) is 22.6 Å². The molecule has 11 nitrogen and oxygen atoms in total. The van der Waals surface area contributed by atoms with Crippen LogP contribution in [0, 0.1) is 11.6 Å². The van der Waals surface area contributed by atoms with Gasteiger partial charge in [-0.05, 0) is 96.9 Å². The highest BCUT2D eigenvalue weighted by Gasteiger charge is 2.31. The molecule has 4 aromatic carbocycles. The molecule has 0 saturated carbocycles. The van der Waals surface area contributed by atoms with Gasteiger partial charge in [0.2, 0.25) is 0 Å². The summed E-state index contributed by atoms with van der Waals surface area (Å²) >= 11 is 0. The number of morpholine rings is 2. The molecule has 4 saturated heterocycles. The zero-order chi connectivity index (χ0) is 48.5. The van der Waals surface area contributed by atoms with Crippen molar-refractivity contribution in [2.45, 2.75) is 63.5 Å². The molecule has 6 heterocycles. The molecule has 2 N–H and O–H groups in total. The lowest BCUT2D eigenvalue weighted by Gasteiger charge is -2.35. The van der Waals surface area contributed by atoms with E-state index in [0.29, 0.717) is 33.1 Å². The van der Waals surface area contributed by atoms with E-state index in [4.69, 9.17) is 14.5 Å². The van der Waals surface area contributed by atoms with Gasteiger partial charge < -0.3 is 24.8 Å². The zero-order valence-corrected chi connectivity index (χ0v) is 43.8. The number of carboxylic acid groups (broad SMARTS) is 1. The Labute approximate surface area is 419 Å². The molecule has 0 aliphatic carbocycles. The van der Waals surface area contributed by atoms with E-state index in [1.807, 2.05) is 35.2 Å². The molecule has 372 valence electrons. The van der Waals surface area contributed by atoms with Crippen LogP contribution in [-0.4, -0.2) is 137 Å². The van der Waals surface area contributed by atoms with Crippen molar-refractivity contribution in [1.82, 2.24) is 30.0 Å². The van der Waals surface area contributed by atoms with Gasteiger partial charge in [-0.25, -0.2) is 23.5 Å². The first kappa shape index (κ1) is 52.8. The number of benzene rings is 4. The smallest absolute Gasteiger partial charge is 0.336 e. The number of rotatable bonds is 8. The second-order valence-corrected chi connectivity index (χ2v) is 30.9. The Balaban J connectivity index is 0.000000179. The highest BCUT2D eigenvalue weighted by Crippen LogP contribution is 2.30. The van der Waals surface area contributed by atoms with E-state index in [9.17, 15) is 23.5 Å². The van der Waals surface area contributed by atoms with Crippen molar-refractivity contribution >= 4 is 62.2 Å². The van der Waals surface area contributed by atoms with E-state index >= 15 is 0 Å². The van der Waals surface area contributed by atoms with Crippen LogP contribution in [0.5, 0.6) is 0 Å². The number of ether oxygens (including phenoxy) is 2. The van der Waals surface area contributed by atoms with Crippen LogP contribution in [0.15, 0.2) is 97.1 Å². The molecule has 1 amide bonds. The van der Waals surface area contributed by atoms with E-state index in [2.05, 4.69) is 70.6 Å². The summed E-state index contributed by atoms with van der Waals surface area (Å²) in [6.07, 6.45) is 0. The van der Waals surface area contributed by atoms with Gasteiger partial charge in [0, 0.05) is 82.3 Å². The molecule has 10 rings (SSSR count). The number of hydrogen-bond donors (Lipinski definition) is 2. The number of aromatic carboxylic acids is 1. The number of amides is 1. The van der Waals surface area contributed by atoms with Gasteiger partial charge >= 0.3 is 5.97 Å². The Kier molecular flexibility index (Phi) is 18.1. The highest BCUT2D eigenvalue weighted by atomic mass is 35.5. The number of carbonyl (C=O) groups is 2. The van der Waals surface area contributed by atoms with Crippen molar-refractivity contribution in [1.29, 1.82) is 0 Å². The quantitative estimate of drug-likeness (QED) is 0.143. The molecule has 0 atom stereocenters. The second-order valence-electron chi connectivity index (χ2n) is 20.3. The standard InChI is InChI=1S/C27H32FN3O2Si.C21H19FN2O3.C6H15NSi.ClH/c1-34(2)15-11-31(12-16-34)27(32)24-18-26(29-25-8-7-22(28)17-23(24)25)21-5-3-20(4-6-21)19-30-9-13-33-14-10-30;22-16-5-6-19-17(11-16)18(21(25)26)12-20(23-19)15-3-1-14(2-4-15)13-24-7-9-27-10-8-24;1-8(2)5-3-7-4-6-8;/h3-8,17-18H,9-16,19H2,1-2H3;1-6,11-12H,7-10,13H2,(H,25,26);7H,3-6H2,1-2H3;1H. The van der Waals surface area contributed by atoms with Gasteiger partial charge in [0.25, 0.3) is 5.91 Å². The minimum absolute atomic E-state index is 0. The van der Waals surface area contributed by atoms with Crippen LogP contribution in [0.4, 0.5) is 8.78 Å². The average molecular weight is 1010 g/mol. The average Bonchev–Trinajstić information content (AvgIpc) is 3.34. The Morgan fingerprint density at radius 1 is 0.586 bits per heavy atom. The molecule has 4 aliphatic rings. The first-order chi connectivity index (χ1) is 33.2. The number of aromatic nitrogens is 2. The van der Waals surface area contributed by atoms with Gasteiger partial charge in [0.1, 0.15) is 11.6 Å². The molecule has 0 radical (unpaired) electrons. The minimum Gasteiger partial charge on any atom is -0.478 e. The van der Waals surface area contributed by atoms with E-state index in [1.54, 1.807) is 6.07 Å². The predicted molar refractivity (Wildman–Crippen MR) is 284 cm³/mol. The van der Waals surface area contributed by atoms with Crippen molar-refractivity contribution < 1.29 is 33.0 Å². The fourth-order valence-corrected chi connectivity index (χ4v) is 13.2. The van der Waals surface area contributed by atoms with Gasteiger partial charge in [0.15, 0.2) is 0 Å². The van der Waals surface area contributed by atoms with Crippen molar-refractivity contribution in [3.63, 3.8) is 0 Å². The number of pyridine rings is 2. The third kappa shape index (κ3) is 14.1. The Morgan fingerprint density at radius 2 is 1.00 bits per heavy atom. The predicted octanol–water partition coefficient (Wildman–Crippen LogP) is 10.3. The summed E-state index contributed by atoms with van der Waals surface area (Å²) in [5.41, 5.74) is 7.20. The van der Waals surface area contributed by atoms with Crippen LogP contribution in [0.2, 0.25) is 50.4 Å². The molecular weight excluding hydrogens is 942 g/mol. The topological polar surface area (TPSA) is 120 Å². The lowest BCUT2D eigenvalue weighted by Crippen LogP contribution is -2.45. The fraction of sp³-hybridized carbons (Fsp3) is 0.407. The summed E-state index contributed by atoms with van der Waals surface area (Å²) < 4.78 is 38.4. The number of halogens is 3. The molecule has 6 aromatic rings. The minimum atomic E-state index is -1.20. The van der Waals surface area contributed by atoms with Crippen LogP contribution in [0.1, 0.15) is 31.8 Å². The maximum Gasteiger partial charge on any atom is 0.336 e. The lowest BCUT2D eigenvalue weighted by molar-refractivity contribution is 0.0341. The van der Waals surface area contributed by atoms with Crippen LogP contribution in [0.3, 0.4) is 0 Å². The number of fused-ring (bicyclic) bond motifs is 2. The summed E-state index contributed by atoms with van der Waals surface area (Å²) in [6.45, 7) is 22.4. The Morgan fingerprint density at radius 3 is 1.41 bits per heavy atom. The molecular formula is C54H67ClF2N6O5Si2. The monoisotopic (exact) mass is 1010 g/mol. The number of hydrogen-bond acceptors (Lipinski definition) is 9. The molecule has 0 spiro atoms. The van der Waals surface area contributed by atoms with Crippen LogP contribution in [0.25, 0.3) is 44.3 Å². The highest BCUT2D eigenvalue weighted by molar-refractivity contribution is 6.78. The molecule has 4 fully saturated rings. The SMILES string of the molecule is C[Si]1(C)CCN(C(=O)c2cc(-c3ccc(CN4CCOCC4)cc3)nc3ccc(F)cc23)CC1.C[Si]1(C)CCNCC1.Cl.O=C(O)c1cc(-c2ccc(CN3CCOCC3)cc2)nc2ccc(F)cc12. The van der Waals surface area contributed by atoms with Gasteiger partial charge in [-0.2, -0.15) is 0 Å². The fourth-order valence-electron chi connectivity index (χ4n) is 9.23. The maximum absolute atomic E-state index is 14.1. The third-order valence-corrected chi connectivity index (χ3v) is 20.2. The molecule has 2 aromatic heterocycles. The summed E-state index contributed by atoms with van der Waals surface area (Å²) in [5, 5.41) is 13.8. The van der Waals surface area contributed by atoms with Crippen molar-refractivity contribution in [2.75, 3.05) is 78.8 Å². The van der Waals surface area contributed by atoms with Crippen molar-refractivity contribution in [2.24, 2.45) is 0 Å². The maximum atomic E-state index is 14.1. The number of nitrogens with zero attached hydrogens (tertiary/aromatic N) is 5. The first-order valence-electron chi connectivity index (χ1n) is 24.4. The molecule has 16 heteroatoms. The van der Waals surface area contributed by atoms with Gasteiger partial charge in [-0.15, -0.1) is 12.4 Å². The number of carbonyl (C=O) groups excluding carboxylic acids is 1. The number of carboxylic acids is 1. The Bertz CT molecular complexity index is 2720. The molecule has 0 bridgehead atoms. The summed E-state index contributed by atoms with van der Waals surface area (Å²) in [5.74, 6) is -1.95. The lowest BCUT2D eigenvalue weighted by atomic mass is 10.0. The normalized spacial score (nSPS) is 18.2.